The van der Waals surface area contributed by atoms with E-state index in [0.717, 1.165) is 0 Å². The van der Waals surface area contributed by atoms with Crippen molar-refractivity contribution in [2.45, 2.75) is 26.2 Å². The lowest BCUT2D eigenvalue weighted by Crippen LogP contribution is -2.04. The molecule has 0 fully saturated rings. The molecule has 0 radical (unpaired) electrons. The number of aromatic hydroxyl groups is 1. The van der Waals surface area contributed by atoms with Crippen LogP contribution in [0.2, 0.25) is 0 Å². The van der Waals surface area contributed by atoms with Crippen molar-refractivity contribution in [3.05, 3.63) is 23.8 Å². The zero-order valence-electron chi connectivity index (χ0n) is 9.43. The normalized spacial score (nSPS) is 12.1. The summed E-state index contributed by atoms with van der Waals surface area (Å²) in [5, 5.41) is 18.6. The third-order valence-electron chi connectivity index (χ3n) is 2.34. The average molecular weight is 224 g/mol. The summed E-state index contributed by atoms with van der Waals surface area (Å²) in [7, 11) is 0. The van der Waals surface area contributed by atoms with Crippen LogP contribution < -0.4 is 4.74 Å². The van der Waals surface area contributed by atoms with Gasteiger partial charge in [-0.25, -0.2) is 0 Å². The van der Waals surface area contributed by atoms with E-state index in [1.54, 1.807) is 25.1 Å². The molecule has 0 saturated heterocycles. The van der Waals surface area contributed by atoms with Crippen LogP contribution in [-0.2, 0) is 4.79 Å². The van der Waals surface area contributed by atoms with Gasteiger partial charge in [0.15, 0.2) is 11.5 Å². The van der Waals surface area contributed by atoms with Gasteiger partial charge in [-0.2, -0.15) is 0 Å². The van der Waals surface area contributed by atoms with E-state index in [4.69, 9.17) is 9.84 Å². The number of carboxylic acid groups (broad SMARTS) is 1. The van der Waals surface area contributed by atoms with Crippen LogP contribution in [0.5, 0.6) is 11.5 Å². The molecule has 1 unspecified atom stereocenters. The summed E-state index contributed by atoms with van der Waals surface area (Å²) < 4.78 is 5.24. The molecule has 4 nitrogen and oxygen atoms in total. The highest BCUT2D eigenvalue weighted by atomic mass is 16.5. The molecule has 88 valence electrons. The van der Waals surface area contributed by atoms with Crippen molar-refractivity contribution < 1.29 is 19.7 Å². The van der Waals surface area contributed by atoms with Crippen LogP contribution in [0.1, 0.15) is 31.7 Å². The summed E-state index contributed by atoms with van der Waals surface area (Å²) in [6.45, 7) is 4.05. The molecule has 0 spiro atoms. The third-order valence-corrected chi connectivity index (χ3v) is 2.34. The molecule has 0 aliphatic heterocycles. The summed E-state index contributed by atoms with van der Waals surface area (Å²) in [6, 6.07) is 5.12. The fourth-order valence-electron chi connectivity index (χ4n) is 1.58. The number of para-hydroxylation sites is 1. The van der Waals surface area contributed by atoms with Crippen LogP contribution in [0.4, 0.5) is 0 Å². The zero-order chi connectivity index (χ0) is 12.1. The minimum atomic E-state index is -0.881. The first kappa shape index (κ1) is 12.4. The SMILES string of the molecule is CCOc1cccc(C(C)CC(=O)O)c1O. The van der Waals surface area contributed by atoms with Gasteiger partial charge in [-0.15, -0.1) is 0 Å². The maximum atomic E-state index is 10.6. The number of aliphatic carboxylic acids is 1. The molecule has 4 heteroatoms. The molecule has 16 heavy (non-hydrogen) atoms. The molecule has 0 saturated carbocycles. The van der Waals surface area contributed by atoms with Gasteiger partial charge in [-0.3, -0.25) is 4.79 Å². The molecular weight excluding hydrogens is 208 g/mol. The molecule has 0 aliphatic carbocycles. The summed E-state index contributed by atoms with van der Waals surface area (Å²) >= 11 is 0. The largest absolute Gasteiger partial charge is 0.504 e. The number of rotatable bonds is 5. The summed E-state index contributed by atoms with van der Waals surface area (Å²) in [5.41, 5.74) is 0.605. The molecule has 0 bridgehead atoms. The summed E-state index contributed by atoms with van der Waals surface area (Å²) in [6.07, 6.45) is -0.0108. The second-order valence-corrected chi connectivity index (χ2v) is 3.63. The fourth-order valence-corrected chi connectivity index (χ4v) is 1.58. The van der Waals surface area contributed by atoms with Gasteiger partial charge >= 0.3 is 5.97 Å². The van der Waals surface area contributed by atoms with Gasteiger partial charge in [0.2, 0.25) is 0 Å². The first-order chi connectivity index (χ1) is 7.56. The van der Waals surface area contributed by atoms with Crippen LogP contribution in [0.3, 0.4) is 0 Å². The van der Waals surface area contributed by atoms with E-state index in [2.05, 4.69) is 0 Å². The first-order valence-electron chi connectivity index (χ1n) is 5.22. The fraction of sp³-hybridized carbons (Fsp3) is 0.417. The first-order valence-corrected chi connectivity index (χ1v) is 5.22. The Bertz CT molecular complexity index is 373. The van der Waals surface area contributed by atoms with E-state index >= 15 is 0 Å². The number of carboxylic acids is 1. The highest BCUT2D eigenvalue weighted by Gasteiger charge is 2.16. The molecule has 0 aromatic heterocycles. The molecule has 0 heterocycles. The van der Waals surface area contributed by atoms with Crippen molar-refractivity contribution in [3.63, 3.8) is 0 Å². The van der Waals surface area contributed by atoms with Crippen molar-refractivity contribution in [2.24, 2.45) is 0 Å². The van der Waals surface area contributed by atoms with Crippen LogP contribution in [0, 0.1) is 0 Å². The van der Waals surface area contributed by atoms with Crippen LogP contribution in [-0.4, -0.2) is 22.8 Å². The van der Waals surface area contributed by atoms with Crippen molar-refractivity contribution in [3.8, 4) is 11.5 Å². The lowest BCUT2D eigenvalue weighted by Gasteiger charge is -2.14. The predicted octanol–water partition coefficient (Wildman–Crippen LogP) is 2.37. The van der Waals surface area contributed by atoms with E-state index in [1.807, 2.05) is 6.92 Å². The van der Waals surface area contributed by atoms with Gasteiger partial charge < -0.3 is 14.9 Å². The highest BCUT2D eigenvalue weighted by molar-refractivity contribution is 5.68. The predicted molar refractivity (Wildman–Crippen MR) is 59.9 cm³/mol. The lowest BCUT2D eigenvalue weighted by atomic mass is 9.96. The molecule has 1 rings (SSSR count). The van der Waals surface area contributed by atoms with Gasteiger partial charge in [0, 0.05) is 5.56 Å². The Morgan fingerprint density at radius 1 is 1.50 bits per heavy atom. The highest BCUT2D eigenvalue weighted by Crippen LogP contribution is 2.35. The Kier molecular flexibility index (Phi) is 4.17. The van der Waals surface area contributed by atoms with E-state index in [1.165, 1.54) is 0 Å². The quantitative estimate of drug-likeness (QED) is 0.805. The minimum Gasteiger partial charge on any atom is -0.504 e. The van der Waals surface area contributed by atoms with E-state index in [0.29, 0.717) is 17.9 Å². The van der Waals surface area contributed by atoms with E-state index in [9.17, 15) is 9.90 Å². The molecule has 1 aromatic rings. The Balaban J connectivity index is 2.95. The number of hydrogen-bond acceptors (Lipinski definition) is 3. The van der Waals surface area contributed by atoms with E-state index < -0.39 is 5.97 Å². The molecule has 0 aliphatic rings. The Labute approximate surface area is 94.5 Å². The summed E-state index contributed by atoms with van der Waals surface area (Å²) in [4.78, 5) is 10.6. The average Bonchev–Trinajstić information content (AvgIpc) is 2.20. The second kappa shape index (κ2) is 5.39. The molecule has 2 N–H and O–H groups in total. The number of hydrogen-bond donors (Lipinski definition) is 2. The van der Waals surface area contributed by atoms with E-state index in [-0.39, 0.29) is 18.1 Å². The smallest absolute Gasteiger partial charge is 0.303 e. The van der Waals surface area contributed by atoms with Crippen molar-refractivity contribution in [1.82, 2.24) is 0 Å². The van der Waals surface area contributed by atoms with Crippen LogP contribution in [0.15, 0.2) is 18.2 Å². The molecule has 0 amide bonds. The zero-order valence-corrected chi connectivity index (χ0v) is 9.43. The monoisotopic (exact) mass is 224 g/mol. The van der Waals surface area contributed by atoms with Gasteiger partial charge in [-0.1, -0.05) is 19.1 Å². The maximum absolute atomic E-state index is 10.6. The number of phenolic OH excluding ortho intramolecular Hbond substituents is 1. The minimum absolute atomic E-state index is 0.0108. The Morgan fingerprint density at radius 3 is 2.75 bits per heavy atom. The number of ether oxygens (including phenoxy) is 1. The van der Waals surface area contributed by atoms with Crippen molar-refractivity contribution >= 4 is 5.97 Å². The number of benzene rings is 1. The van der Waals surface area contributed by atoms with Gasteiger partial charge in [0.25, 0.3) is 0 Å². The number of carbonyl (C=O) groups is 1. The van der Waals surface area contributed by atoms with Gasteiger partial charge in [-0.05, 0) is 18.9 Å². The van der Waals surface area contributed by atoms with Gasteiger partial charge in [0.1, 0.15) is 0 Å². The Hall–Kier alpha value is -1.71. The third kappa shape index (κ3) is 2.89. The molecular formula is C12H16O4. The molecule has 1 aromatic carbocycles. The maximum Gasteiger partial charge on any atom is 0.303 e. The van der Waals surface area contributed by atoms with Crippen LogP contribution in [0.25, 0.3) is 0 Å². The standard InChI is InChI=1S/C12H16O4/c1-3-16-10-6-4-5-9(12(10)15)8(2)7-11(13)14/h4-6,8,15H,3,7H2,1-2H3,(H,13,14). The number of phenols is 1. The van der Waals surface area contributed by atoms with Gasteiger partial charge in [0.05, 0.1) is 13.0 Å². The lowest BCUT2D eigenvalue weighted by molar-refractivity contribution is -0.137. The second-order valence-electron chi connectivity index (χ2n) is 3.63. The topological polar surface area (TPSA) is 66.8 Å². The Morgan fingerprint density at radius 2 is 2.19 bits per heavy atom. The molecule has 1 atom stereocenters. The van der Waals surface area contributed by atoms with Crippen molar-refractivity contribution in [1.29, 1.82) is 0 Å². The summed E-state index contributed by atoms with van der Waals surface area (Å²) in [5.74, 6) is -0.679. The van der Waals surface area contributed by atoms with Crippen LogP contribution >= 0.6 is 0 Å². The van der Waals surface area contributed by atoms with Crippen molar-refractivity contribution in [2.75, 3.05) is 6.61 Å².